The van der Waals surface area contributed by atoms with Crippen molar-refractivity contribution < 1.29 is 14.6 Å². The van der Waals surface area contributed by atoms with Gasteiger partial charge in [-0.2, -0.15) is 0 Å². The molecule has 1 aliphatic carbocycles. The van der Waals surface area contributed by atoms with E-state index in [9.17, 15) is 5.11 Å². The van der Waals surface area contributed by atoms with E-state index in [0.29, 0.717) is 6.42 Å². The standard InChI is InChI=1S/C12H16O3/c1-14-11-5-6-12(15-2)10-7-8(13)3-4-9(10)11/h5-6,8,13H,3-4,7H2,1-2H3/t8-/m0/s1. The topological polar surface area (TPSA) is 38.7 Å². The molecule has 1 atom stereocenters. The predicted molar refractivity (Wildman–Crippen MR) is 57.6 cm³/mol. The number of hydrogen-bond donors (Lipinski definition) is 1. The molecule has 1 aliphatic rings. The molecule has 0 saturated heterocycles. The third kappa shape index (κ3) is 1.79. The first kappa shape index (κ1) is 10.3. The van der Waals surface area contributed by atoms with Crippen LogP contribution in [0.15, 0.2) is 12.1 Å². The van der Waals surface area contributed by atoms with Gasteiger partial charge in [-0.15, -0.1) is 0 Å². The largest absolute Gasteiger partial charge is 0.496 e. The summed E-state index contributed by atoms with van der Waals surface area (Å²) in [5.74, 6) is 1.75. The molecule has 0 aromatic heterocycles. The molecule has 3 heteroatoms. The van der Waals surface area contributed by atoms with E-state index in [0.717, 1.165) is 29.9 Å². The summed E-state index contributed by atoms with van der Waals surface area (Å²) in [7, 11) is 3.33. The Balaban J connectivity index is 2.48. The van der Waals surface area contributed by atoms with Gasteiger partial charge in [0.15, 0.2) is 0 Å². The van der Waals surface area contributed by atoms with Gasteiger partial charge in [0.2, 0.25) is 0 Å². The van der Waals surface area contributed by atoms with E-state index in [1.54, 1.807) is 14.2 Å². The third-order valence-electron chi connectivity index (χ3n) is 2.95. The molecule has 0 radical (unpaired) electrons. The van der Waals surface area contributed by atoms with Gasteiger partial charge in [-0.1, -0.05) is 0 Å². The van der Waals surface area contributed by atoms with Crippen LogP contribution in [0.3, 0.4) is 0 Å². The van der Waals surface area contributed by atoms with Crippen LogP contribution in [0.25, 0.3) is 0 Å². The molecule has 0 amide bonds. The molecule has 0 unspecified atom stereocenters. The monoisotopic (exact) mass is 208 g/mol. The van der Waals surface area contributed by atoms with Crippen molar-refractivity contribution in [2.75, 3.05) is 14.2 Å². The van der Waals surface area contributed by atoms with Gasteiger partial charge in [-0.3, -0.25) is 0 Å². The Kier molecular flexibility index (Phi) is 2.82. The quantitative estimate of drug-likeness (QED) is 0.801. The Morgan fingerprint density at radius 3 is 2.33 bits per heavy atom. The second kappa shape index (κ2) is 4.11. The summed E-state index contributed by atoms with van der Waals surface area (Å²) >= 11 is 0. The molecular formula is C12H16O3. The van der Waals surface area contributed by atoms with Crippen LogP contribution in [0.4, 0.5) is 0 Å². The zero-order valence-corrected chi connectivity index (χ0v) is 9.12. The SMILES string of the molecule is COc1ccc(OC)c2c1CC[C@H](O)C2. The zero-order chi connectivity index (χ0) is 10.8. The Bertz CT molecular complexity index is 360. The van der Waals surface area contributed by atoms with Gasteiger partial charge < -0.3 is 14.6 Å². The molecule has 2 rings (SSSR count). The Morgan fingerprint density at radius 2 is 1.73 bits per heavy atom. The van der Waals surface area contributed by atoms with Crippen LogP contribution in [0.5, 0.6) is 11.5 Å². The highest BCUT2D eigenvalue weighted by atomic mass is 16.5. The number of methoxy groups -OCH3 is 2. The Labute approximate surface area is 89.6 Å². The fourth-order valence-electron chi connectivity index (χ4n) is 2.18. The van der Waals surface area contributed by atoms with E-state index in [2.05, 4.69) is 0 Å². The minimum atomic E-state index is -0.251. The van der Waals surface area contributed by atoms with Gasteiger partial charge in [0.25, 0.3) is 0 Å². The van der Waals surface area contributed by atoms with Gasteiger partial charge >= 0.3 is 0 Å². The number of hydrogen-bond acceptors (Lipinski definition) is 3. The number of ether oxygens (including phenoxy) is 2. The first-order chi connectivity index (χ1) is 7.26. The first-order valence-electron chi connectivity index (χ1n) is 5.17. The lowest BCUT2D eigenvalue weighted by molar-refractivity contribution is 0.156. The minimum absolute atomic E-state index is 0.251. The molecule has 0 aliphatic heterocycles. The van der Waals surface area contributed by atoms with Crippen LogP contribution in [0.2, 0.25) is 0 Å². The highest BCUT2D eigenvalue weighted by molar-refractivity contribution is 5.50. The van der Waals surface area contributed by atoms with Crippen molar-refractivity contribution in [3.8, 4) is 11.5 Å². The van der Waals surface area contributed by atoms with E-state index in [4.69, 9.17) is 9.47 Å². The van der Waals surface area contributed by atoms with Gasteiger partial charge in [-0.25, -0.2) is 0 Å². The summed E-state index contributed by atoms with van der Waals surface area (Å²) in [4.78, 5) is 0. The van der Waals surface area contributed by atoms with E-state index < -0.39 is 0 Å². The number of aliphatic hydroxyl groups excluding tert-OH is 1. The third-order valence-corrected chi connectivity index (χ3v) is 2.95. The molecule has 1 aromatic carbocycles. The molecule has 0 bridgehead atoms. The van der Waals surface area contributed by atoms with E-state index in [1.165, 1.54) is 5.56 Å². The molecule has 1 aromatic rings. The molecule has 0 fully saturated rings. The number of fused-ring (bicyclic) bond motifs is 1. The van der Waals surface area contributed by atoms with Crippen LogP contribution >= 0.6 is 0 Å². The molecule has 0 heterocycles. The summed E-state index contributed by atoms with van der Waals surface area (Å²) in [5, 5.41) is 9.64. The second-order valence-corrected chi connectivity index (χ2v) is 3.82. The van der Waals surface area contributed by atoms with Crippen molar-refractivity contribution in [2.24, 2.45) is 0 Å². The predicted octanol–water partition coefficient (Wildman–Crippen LogP) is 1.55. The first-order valence-corrected chi connectivity index (χ1v) is 5.17. The van der Waals surface area contributed by atoms with E-state index >= 15 is 0 Å². The molecule has 15 heavy (non-hydrogen) atoms. The highest BCUT2D eigenvalue weighted by Crippen LogP contribution is 2.35. The molecule has 1 N–H and O–H groups in total. The normalized spacial score (nSPS) is 19.5. The smallest absolute Gasteiger partial charge is 0.122 e. The fourth-order valence-corrected chi connectivity index (χ4v) is 2.18. The number of benzene rings is 1. The average molecular weight is 208 g/mol. The lowest BCUT2D eigenvalue weighted by Crippen LogP contribution is -2.19. The van der Waals surface area contributed by atoms with Crippen molar-refractivity contribution in [1.29, 1.82) is 0 Å². The van der Waals surface area contributed by atoms with Gasteiger partial charge in [0.1, 0.15) is 11.5 Å². The Morgan fingerprint density at radius 1 is 1.13 bits per heavy atom. The maximum Gasteiger partial charge on any atom is 0.122 e. The van der Waals surface area contributed by atoms with Gasteiger partial charge in [0.05, 0.1) is 20.3 Å². The number of rotatable bonds is 2. The maximum atomic E-state index is 9.64. The van der Waals surface area contributed by atoms with Crippen LogP contribution in [0, 0.1) is 0 Å². The van der Waals surface area contributed by atoms with Crippen molar-refractivity contribution in [2.45, 2.75) is 25.4 Å². The van der Waals surface area contributed by atoms with Crippen LogP contribution < -0.4 is 9.47 Å². The van der Waals surface area contributed by atoms with Crippen molar-refractivity contribution in [1.82, 2.24) is 0 Å². The molecule has 82 valence electrons. The van der Waals surface area contributed by atoms with E-state index in [-0.39, 0.29) is 6.10 Å². The maximum absolute atomic E-state index is 9.64. The van der Waals surface area contributed by atoms with Gasteiger partial charge in [-0.05, 0) is 25.0 Å². The summed E-state index contributed by atoms with van der Waals surface area (Å²) in [6, 6.07) is 3.82. The Hall–Kier alpha value is -1.22. The summed E-state index contributed by atoms with van der Waals surface area (Å²) in [6.45, 7) is 0. The minimum Gasteiger partial charge on any atom is -0.496 e. The summed E-state index contributed by atoms with van der Waals surface area (Å²) < 4.78 is 10.6. The van der Waals surface area contributed by atoms with Crippen molar-refractivity contribution in [3.63, 3.8) is 0 Å². The second-order valence-electron chi connectivity index (χ2n) is 3.82. The summed E-state index contributed by atoms with van der Waals surface area (Å²) in [6.07, 6.45) is 2.07. The van der Waals surface area contributed by atoms with Gasteiger partial charge in [0, 0.05) is 17.5 Å². The van der Waals surface area contributed by atoms with Crippen molar-refractivity contribution >= 4 is 0 Å². The van der Waals surface area contributed by atoms with Crippen LogP contribution in [-0.2, 0) is 12.8 Å². The highest BCUT2D eigenvalue weighted by Gasteiger charge is 2.22. The fraction of sp³-hybridized carbons (Fsp3) is 0.500. The lowest BCUT2D eigenvalue weighted by atomic mass is 9.88. The van der Waals surface area contributed by atoms with Crippen LogP contribution in [-0.4, -0.2) is 25.4 Å². The lowest BCUT2D eigenvalue weighted by Gasteiger charge is -2.24. The molecular weight excluding hydrogens is 192 g/mol. The number of aliphatic hydroxyl groups is 1. The van der Waals surface area contributed by atoms with Crippen molar-refractivity contribution in [3.05, 3.63) is 23.3 Å². The molecule has 0 saturated carbocycles. The summed E-state index contributed by atoms with van der Waals surface area (Å²) in [5.41, 5.74) is 2.28. The van der Waals surface area contributed by atoms with E-state index in [1.807, 2.05) is 12.1 Å². The average Bonchev–Trinajstić information content (AvgIpc) is 2.27. The van der Waals surface area contributed by atoms with Crippen LogP contribution in [0.1, 0.15) is 17.5 Å². The molecule has 3 nitrogen and oxygen atoms in total. The molecule has 0 spiro atoms. The zero-order valence-electron chi connectivity index (χ0n) is 9.12.